The number of unbranched alkanes of at least 4 members (excludes halogenated alkanes) is 1. The largest absolute Gasteiger partial charge is 0.493 e. The number of hydrogen-bond acceptors (Lipinski definition) is 5. The van der Waals surface area contributed by atoms with Gasteiger partial charge in [-0.1, -0.05) is 62.7 Å². The highest BCUT2D eigenvalue weighted by molar-refractivity contribution is 5.69. The third-order valence-corrected chi connectivity index (χ3v) is 5.69. The summed E-state index contributed by atoms with van der Waals surface area (Å²) in [7, 11) is 0. The molecule has 0 fully saturated rings. The van der Waals surface area contributed by atoms with E-state index in [1.807, 2.05) is 42.5 Å². The first kappa shape index (κ1) is 25.4. The van der Waals surface area contributed by atoms with Crippen molar-refractivity contribution in [2.24, 2.45) is 0 Å². The molecule has 0 aliphatic carbocycles. The summed E-state index contributed by atoms with van der Waals surface area (Å²) in [6.45, 7) is 9.26. The quantitative estimate of drug-likeness (QED) is 0.214. The molecule has 0 bridgehead atoms. The number of nitrogens with one attached hydrogen (secondary N) is 1. The molecule has 0 amide bonds. The van der Waals surface area contributed by atoms with Gasteiger partial charge < -0.3 is 25.4 Å². The first-order valence-corrected chi connectivity index (χ1v) is 12.4. The fourth-order valence-electron chi connectivity index (χ4n) is 3.74. The van der Waals surface area contributed by atoms with E-state index in [0.29, 0.717) is 13.2 Å². The third-order valence-electron chi connectivity index (χ3n) is 5.69. The number of benzene rings is 3. The summed E-state index contributed by atoms with van der Waals surface area (Å²) >= 11 is 0. The molecule has 0 aliphatic heterocycles. The van der Waals surface area contributed by atoms with Gasteiger partial charge in [-0.3, -0.25) is 0 Å². The lowest BCUT2D eigenvalue weighted by Gasteiger charge is -2.27. The maximum Gasteiger partial charge on any atom is 0.121 e. The van der Waals surface area contributed by atoms with Gasteiger partial charge in [-0.25, -0.2) is 0 Å². The van der Waals surface area contributed by atoms with Crippen molar-refractivity contribution in [3.05, 3.63) is 83.9 Å². The summed E-state index contributed by atoms with van der Waals surface area (Å²) in [6.07, 6.45) is 3.21. The highest BCUT2D eigenvalue weighted by atomic mass is 16.5. The van der Waals surface area contributed by atoms with Crippen LogP contribution in [0.2, 0.25) is 0 Å². The van der Waals surface area contributed by atoms with E-state index < -0.39 is 0 Å². The van der Waals surface area contributed by atoms with E-state index in [2.05, 4.69) is 54.4 Å². The summed E-state index contributed by atoms with van der Waals surface area (Å²) in [5.41, 5.74) is 10.6. The van der Waals surface area contributed by atoms with Crippen LogP contribution in [0.15, 0.2) is 72.8 Å². The average Bonchev–Trinajstić information content (AvgIpc) is 2.87. The minimum atomic E-state index is 0.570. The standard InChI is InChI=1S/C29H39N3O2/c1-3-5-19-32(29-21-27(16-17-28(29)30)33-20-9-18-31-4-2)22-24-12-14-26(15-13-24)34-23-25-10-7-6-8-11-25/h6-8,10-17,21,31H,3-5,9,18-20,22-23,30H2,1-2H3. The smallest absolute Gasteiger partial charge is 0.121 e. The molecule has 0 heterocycles. The molecule has 0 spiro atoms. The Morgan fingerprint density at radius 2 is 1.59 bits per heavy atom. The van der Waals surface area contributed by atoms with E-state index >= 15 is 0 Å². The van der Waals surface area contributed by atoms with Crippen molar-refractivity contribution in [2.45, 2.75) is 46.3 Å². The number of rotatable bonds is 15. The summed E-state index contributed by atoms with van der Waals surface area (Å²) in [5, 5.41) is 3.33. The van der Waals surface area contributed by atoms with Crippen LogP contribution in [0.1, 0.15) is 44.2 Å². The Bertz CT molecular complexity index is 961. The number of anilines is 2. The SMILES string of the molecule is CCCCN(Cc1ccc(OCc2ccccc2)cc1)c1cc(OCCCNCC)ccc1N. The van der Waals surface area contributed by atoms with Crippen LogP contribution < -0.4 is 25.4 Å². The number of hydrogen-bond donors (Lipinski definition) is 2. The Kier molecular flexibility index (Phi) is 10.6. The first-order valence-electron chi connectivity index (χ1n) is 12.4. The van der Waals surface area contributed by atoms with E-state index in [1.165, 1.54) is 5.56 Å². The van der Waals surface area contributed by atoms with E-state index in [9.17, 15) is 0 Å². The molecule has 0 atom stereocenters. The van der Waals surface area contributed by atoms with Crippen molar-refractivity contribution in [1.29, 1.82) is 0 Å². The Balaban J connectivity index is 1.64. The number of nitrogens with two attached hydrogens (primary N) is 1. The van der Waals surface area contributed by atoms with E-state index in [-0.39, 0.29) is 0 Å². The van der Waals surface area contributed by atoms with Crippen LogP contribution in [-0.2, 0) is 13.2 Å². The van der Waals surface area contributed by atoms with Gasteiger partial charge in [-0.15, -0.1) is 0 Å². The molecule has 3 rings (SSSR count). The molecule has 0 saturated heterocycles. The highest BCUT2D eigenvalue weighted by Gasteiger charge is 2.12. The van der Waals surface area contributed by atoms with Gasteiger partial charge in [-0.2, -0.15) is 0 Å². The topological polar surface area (TPSA) is 59.8 Å². The molecule has 3 aromatic rings. The Hall–Kier alpha value is -3.18. The zero-order valence-corrected chi connectivity index (χ0v) is 20.6. The van der Waals surface area contributed by atoms with Crippen molar-refractivity contribution in [3.8, 4) is 11.5 Å². The van der Waals surface area contributed by atoms with Crippen LogP contribution in [0.3, 0.4) is 0 Å². The van der Waals surface area contributed by atoms with Gasteiger partial charge in [0, 0.05) is 19.2 Å². The van der Waals surface area contributed by atoms with Crippen molar-refractivity contribution in [2.75, 3.05) is 36.9 Å². The minimum absolute atomic E-state index is 0.570. The maximum absolute atomic E-state index is 6.40. The van der Waals surface area contributed by atoms with Crippen molar-refractivity contribution >= 4 is 11.4 Å². The van der Waals surface area contributed by atoms with Crippen molar-refractivity contribution in [1.82, 2.24) is 5.32 Å². The molecule has 0 saturated carbocycles. The Labute approximate surface area is 204 Å². The number of ether oxygens (including phenoxy) is 2. The van der Waals surface area contributed by atoms with Gasteiger partial charge >= 0.3 is 0 Å². The van der Waals surface area contributed by atoms with Crippen LogP contribution in [-0.4, -0.2) is 26.2 Å². The normalized spacial score (nSPS) is 10.8. The Morgan fingerprint density at radius 3 is 2.32 bits per heavy atom. The summed E-state index contributed by atoms with van der Waals surface area (Å²) in [4.78, 5) is 2.35. The molecular weight excluding hydrogens is 422 g/mol. The van der Waals surface area contributed by atoms with Crippen LogP contribution in [0.5, 0.6) is 11.5 Å². The Morgan fingerprint density at radius 1 is 0.824 bits per heavy atom. The lowest BCUT2D eigenvalue weighted by Crippen LogP contribution is -2.25. The molecule has 0 unspecified atom stereocenters. The summed E-state index contributed by atoms with van der Waals surface area (Å²) < 4.78 is 11.9. The van der Waals surface area contributed by atoms with Gasteiger partial charge in [-0.05, 0) is 61.3 Å². The summed E-state index contributed by atoms with van der Waals surface area (Å²) in [6, 6.07) is 24.6. The molecule has 0 aromatic heterocycles. The van der Waals surface area contributed by atoms with Crippen LogP contribution in [0, 0.1) is 0 Å². The van der Waals surface area contributed by atoms with Crippen LogP contribution in [0.4, 0.5) is 11.4 Å². The highest BCUT2D eigenvalue weighted by Crippen LogP contribution is 2.30. The predicted octanol–water partition coefficient (Wildman–Crippen LogP) is 6.03. The molecule has 0 radical (unpaired) electrons. The second-order valence-electron chi connectivity index (χ2n) is 8.47. The van der Waals surface area contributed by atoms with Gasteiger partial charge in [0.05, 0.1) is 18.0 Å². The second kappa shape index (κ2) is 14.2. The fourth-order valence-corrected chi connectivity index (χ4v) is 3.74. The second-order valence-corrected chi connectivity index (χ2v) is 8.47. The monoisotopic (exact) mass is 461 g/mol. The minimum Gasteiger partial charge on any atom is -0.493 e. The molecule has 3 N–H and O–H groups in total. The number of nitrogens with zero attached hydrogens (tertiary/aromatic N) is 1. The van der Waals surface area contributed by atoms with Gasteiger partial charge in [0.25, 0.3) is 0 Å². The zero-order valence-electron chi connectivity index (χ0n) is 20.6. The number of nitrogen functional groups attached to an aromatic ring is 1. The predicted molar refractivity (Wildman–Crippen MR) is 143 cm³/mol. The third kappa shape index (κ3) is 8.31. The van der Waals surface area contributed by atoms with E-state index in [4.69, 9.17) is 15.2 Å². The van der Waals surface area contributed by atoms with E-state index in [1.54, 1.807) is 0 Å². The van der Waals surface area contributed by atoms with Crippen LogP contribution >= 0.6 is 0 Å². The fraction of sp³-hybridized carbons (Fsp3) is 0.379. The summed E-state index contributed by atoms with van der Waals surface area (Å²) in [5.74, 6) is 1.74. The maximum atomic E-state index is 6.40. The van der Waals surface area contributed by atoms with E-state index in [0.717, 1.165) is 73.9 Å². The zero-order chi connectivity index (χ0) is 24.0. The molecule has 5 nitrogen and oxygen atoms in total. The van der Waals surface area contributed by atoms with Gasteiger partial charge in [0.2, 0.25) is 0 Å². The van der Waals surface area contributed by atoms with Crippen molar-refractivity contribution in [3.63, 3.8) is 0 Å². The lowest BCUT2D eigenvalue weighted by atomic mass is 10.1. The van der Waals surface area contributed by atoms with Gasteiger partial charge in [0.15, 0.2) is 0 Å². The van der Waals surface area contributed by atoms with Crippen LogP contribution in [0.25, 0.3) is 0 Å². The molecular formula is C29H39N3O2. The molecule has 34 heavy (non-hydrogen) atoms. The van der Waals surface area contributed by atoms with Crippen molar-refractivity contribution < 1.29 is 9.47 Å². The van der Waals surface area contributed by atoms with Gasteiger partial charge in [0.1, 0.15) is 18.1 Å². The molecule has 0 aliphatic rings. The molecule has 182 valence electrons. The average molecular weight is 462 g/mol. The first-order chi connectivity index (χ1) is 16.7. The molecule has 3 aromatic carbocycles. The lowest BCUT2D eigenvalue weighted by molar-refractivity contribution is 0.306. The molecule has 5 heteroatoms.